The Morgan fingerprint density at radius 2 is 1.96 bits per heavy atom. The first kappa shape index (κ1) is 16.9. The second kappa shape index (κ2) is 8.27. The molecule has 1 aliphatic heterocycles. The number of benzene rings is 1. The molecule has 1 fully saturated rings. The van der Waals surface area contributed by atoms with Crippen molar-refractivity contribution in [2.24, 2.45) is 0 Å². The van der Waals surface area contributed by atoms with Crippen LogP contribution in [0.1, 0.15) is 0 Å². The number of aliphatic hydroxyl groups excluding tert-OH is 1. The predicted molar refractivity (Wildman–Crippen MR) is 83.8 cm³/mol. The summed E-state index contributed by atoms with van der Waals surface area (Å²) in [7, 11) is 0. The summed E-state index contributed by atoms with van der Waals surface area (Å²) >= 11 is 0. The van der Waals surface area contributed by atoms with E-state index < -0.39 is 5.91 Å². The van der Waals surface area contributed by atoms with E-state index in [2.05, 4.69) is 10.2 Å². The topological polar surface area (TPSA) is 79.6 Å². The number of aliphatic hydroxyl groups is 1. The number of halogens is 1. The molecule has 0 bridgehead atoms. The summed E-state index contributed by atoms with van der Waals surface area (Å²) in [6.45, 7) is 3.68. The molecule has 1 saturated heterocycles. The van der Waals surface area contributed by atoms with Crippen molar-refractivity contribution >= 4 is 11.6 Å². The van der Waals surface area contributed by atoms with Gasteiger partial charge in [-0.3, -0.25) is 9.69 Å². The van der Waals surface area contributed by atoms with E-state index in [-0.39, 0.29) is 18.0 Å². The molecular weight excluding hydrogens is 299 g/mol. The summed E-state index contributed by atoms with van der Waals surface area (Å²) in [6, 6.07) is 7.26. The fourth-order valence-corrected chi connectivity index (χ4v) is 2.31. The van der Waals surface area contributed by atoms with Crippen LogP contribution in [0, 0.1) is 17.1 Å². The van der Waals surface area contributed by atoms with Crippen molar-refractivity contribution < 1.29 is 14.3 Å². The number of piperazine rings is 1. The number of carbonyl (C=O) groups excluding carboxylic acids is 1. The van der Waals surface area contributed by atoms with Crippen LogP contribution in [0.4, 0.5) is 10.1 Å². The van der Waals surface area contributed by atoms with Crippen LogP contribution < -0.4 is 5.32 Å². The molecular formula is C16H19FN4O2. The molecule has 1 aromatic carbocycles. The van der Waals surface area contributed by atoms with Crippen LogP contribution in [-0.2, 0) is 4.79 Å². The molecule has 1 amide bonds. The smallest absolute Gasteiger partial charge is 0.267 e. The number of rotatable bonds is 5. The van der Waals surface area contributed by atoms with Gasteiger partial charge >= 0.3 is 0 Å². The molecule has 122 valence electrons. The largest absolute Gasteiger partial charge is 0.395 e. The maximum Gasteiger partial charge on any atom is 0.267 e. The minimum absolute atomic E-state index is 0.00457. The average Bonchev–Trinajstić information content (AvgIpc) is 2.56. The number of hydrogen-bond acceptors (Lipinski definition) is 5. The number of amides is 1. The van der Waals surface area contributed by atoms with Crippen molar-refractivity contribution in [1.82, 2.24) is 9.80 Å². The van der Waals surface area contributed by atoms with Gasteiger partial charge in [-0.1, -0.05) is 0 Å². The SMILES string of the molecule is N#C/C(=C/N1CCN(CCO)CC1)C(=O)Nc1ccc(F)cc1. The molecule has 23 heavy (non-hydrogen) atoms. The van der Waals surface area contributed by atoms with Gasteiger partial charge in [0.15, 0.2) is 0 Å². The molecule has 0 unspecified atom stereocenters. The Hall–Kier alpha value is -2.43. The van der Waals surface area contributed by atoms with E-state index in [9.17, 15) is 14.4 Å². The third kappa shape index (κ3) is 5.06. The molecule has 1 aliphatic rings. The number of hydrogen-bond donors (Lipinski definition) is 2. The fourth-order valence-electron chi connectivity index (χ4n) is 2.31. The third-order valence-electron chi connectivity index (χ3n) is 3.60. The maximum atomic E-state index is 12.8. The van der Waals surface area contributed by atoms with Crippen LogP contribution in [-0.4, -0.2) is 60.1 Å². The summed E-state index contributed by atoms with van der Waals surface area (Å²) in [5.41, 5.74) is 0.440. The minimum atomic E-state index is -0.517. The van der Waals surface area contributed by atoms with E-state index >= 15 is 0 Å². The van der Waals surface area contributed by atoms with Crippen molar-refractivity contribution in [3.8, 4) is 6.07 Å². The zero-order valence-corrected chi connectivity index (χ0v) is 12.7. The van der Waals surface area contributed by atoms with Gasteiger partial charge in [0.1, 0.15) is 17.5 Å². The standard InChI is InChI=1S/C16H19FN4O2/c17-14-1-3-15(4-2-14)19-16(23)13(11-18)12-21-7-5-20(6-8-21)9-10-22/h1-4,12,22H,5-10H2,(H,19,23)/b13-12-. The lowest BCUT2D eigenvalue weighted by atomic mass is 10.2. The monoisotopic (exact) mass is 318 g/mol. The van der Waals surface area contributed by atoms with Crippen LogP contribution in [0.15, 0.2) is 36.0 Å². The minimum Gasteiger partial charge on any atom is -0.395 e. The molecule has 0 saturated carbocycles. The first-order valence-electron chi connectivity index (χ1n) is 7.38. The van der Waals surface area contributed by atoms with Gasteiger partial charge < -0.3 is 15.3 Å². The Bertz CT molecular complexity index is 602. The number of nitrogens with one attached hydrogen (secondary N) is 1. The highest BCUT2D eigenvalue weighted by Crippen LogP contribution is 2.11. The number of carbonyl (C=O) groups is 1. The molecule has 2 rings (SSSR count). The molecule has 2 N–H and O–H groups in total. The number of nitriles is 1. The maximum absolute atomic E-state index is 12.8. The normalized spacial score (nSPS) is 16.0. The van der Waals surface area contributed by atoms with Gasteiger partial charge in [0.2, 0.25) is 0 Å². The summed E-state index contributed by atoms with van der Waals surface area (Å²) in [5, 5.41) is 20.7. The number of nitrogens with zero attached hydrogens (tertiary/aromatic N) is 3. The third-order valence-corrected chi connectivity index (χ3v) is 3.60. The predicted octanol–water partition coefficient (Wildman–Crippen LogP) is 0.782. The van der Waals surface area contributed by atoms with Crippen molar-refractivity contribution in [2.45, 2.75) is 0 Å². The van der Waals surface area contributed by atoms with Crippen LogP contribution in [0.5, 0.6) is 0 Å². The van der Waals surface area contributed by atoms with Gasteiger partial charge in [-0.15, -0.1) is 0 Å². The van der Waals surface area contributed by atoms with Crippen LogP contribution in [0.2, 0.25) is 0 Å². The Kier molecular flexibility index (Phi) is 6.09. The van der Waals surface area contributed by atoms with E-state index in [1.807, 2.05) is 11.0 Å². The Morgan fingerprint density at radius 1 is 1.30 bits per heavy atom. The van der Waals surface area contributed by atoms with Crippen molar-refractivity contribution in [3.05, 3.63) is 41.9 Å². The highest BCUT2D eigenvalue weighted by molar-refractivity contribution is 6.06. The van der Waals surface area contributed by atoms with E-state index in [0.29, 0.717) is 25.3 Å². The van der Waals surface area contributed by atoms with Gasteiger partial charge in [0.05, 0.1) is 6.61 Å². The van der Waals surface area contributed by atoms with Crippen LogP contribution >= 0.6 is 0 Å². The van der Waals surface area contributed by atoms with Gasteiger partial charge in [-0.25, -0.2) is 4.39 Å². The molecule has 6 nitrogen and oxygen atoms in total. The average molecular weight is 318 g/mol. The molecule has 0 radical (unpaired) electrons. The lowest BCUT2D eigenvalue weighted by Crippen LogP contribution is -2.45. The molecule has 0 aromatic heterocycles. The van der Waals surface area contributed by atoms with E-state index in [4.69, 9.17) is 5.11 Å². The number of anilines is 1. The van der Waals surface area contributed by atoms with Crippen LogP contribution in [0.25, 0.3) is 0 Å². The van der Waals surface area contributed by atoms with Gasteiger partial charge in [-0.05, 0) is 24.3 Å². The van der Waals surface area contributed by atoms with Gasteiger partial charge in [0.25, 0.3) is 5.91 Å². The molecule has 0 atom stereocenters. The lowest BCUT2D eigenvalue weighted by molar-refractivity contribution is -0.112. The quantitative estimate of drug-likeness (QED) is 0.619. The summed E-state index contributed by atoms with van der Waals surface area (Å²) in [4.78, 5) is 16.1. The van der Waals surface area contributed by atoms with E-state index in [1.54, 1.807) is 6.20 Å². The van der Waals surface area contributed by atoms with Crippen molar-refractivity contribution in [2.75, 3.05) is 44.6 Å². The van der Waals surface area contributed by atoms with E-state index in [1.165, 1.54) is 24.3 Å². The summed E-state index contributed by atoms with van der Waals surface area (Å²) in [6.07, 6.45) is 1.55. The second-order valence-electron chi connectivity index (χ2n) is 5.22. The molecule has 1 aromatic rings. The summed E-state index contributed by atoms with van der Waals surface area (Å²) in [5.74, 6) is -0.906. The molecule has 0 aliphatic carbocycles. The Balaban J connectivity index is 1.95. The first-order chi connectivity index (χ1) is 11.1. The van der Waals surface area contributed by atoms with Crippen LogP contribution in [0.3, 0.4) is 0 Å². The lowest BCUT2D eigenvalue weighted by Gasteiger charge is -2.33. The molecule has 1 heterocycles. The Morgan fingerprint density at radius 3 is 2.52 bits per heavy atom. The number of β-amino-alcohol motifs (C(OH)–C–C–N with tert-alkyl or cyclic N) is 1. The van der Waals surface area contributed by atoms with Gasteiger partial charge in [-0.2, -0.15) is 5.26 Å². The molecule has 7 heteroatoms. The van der Waals surface area contributed by atoms with Crippen molar-refractivity contribution in [1.29, 1.82) is 5.26 Å². The Labute approximate surface area is 134 Å². The fraction of sp³-hybridized carbons (Fsp3) is 0.375. The highest BCUT2D eigenvalue weighted by Gasteiger charge is 2.17. The highest BCUT2D eigenvalue weighted by atomic mass is 19.1. The van der Waals surface area contributed by atoms with Gasteiger partial charge in [0, 0.05) is 44.6 Å². The zero-order chi connectivity index (χ0) is 16.7. The second-order valence-corrected chi connectivity index (χ2v) is 5.22. The van der Waals surface area contributed by atoms with Crippen molar-refractivity contribution in [3.63, 3.8) is 0 Å². The molecule has 0 spiro atoms. The van der Waals surface area contributed by atoms with E-state index in [0.717, 1.165) is 13.1 Å². The summed E-state index contributed by atoms with van der Waals surface area (Å²) < 4.78 is 12.8. The first-order valence-corrected chi connectivity index (χ1v) is 7.38. The zero-order valence-electron chi connectivity index (χ0n) is 12.7.